The first-order valence-corrected chi connectivity index (χ1v) is 8.01. The van der Waals surface area contributed by atoms with Crippen molar-refractivity contribution >= 4 is 54.8 Å². The summed E-state index contributed by atoms with van der Waals surface area (Å²) in [5.41, 5.74) is 0.439. The maximum Gasteiger partial charge on any atom is 0.263 e. The van der Waals surface area contributed by atoms with E-state index in [0.717, 1.165) is 10.7 Å². The zero-order chi connectivity index (χ0) is 14.0. The van der Waals surface area contributed by atoms with Crippen LogP contribution in [-0.4, -0.2) is 13.4 Å². The highest BCUT2D eigenvalue weighted by molar-refractivity contribution is 9.10. The number of nitrogens with zero attached hydrogens (tertiary/aromatic N) is 1. The van der Waals surface area contributed by atoms with Crippen molar-refractivity contribution in [2.75, 3.05) is 4.72 Å². The summed E-state index contributed by atoms with van der Waals surface area (Å²) in [6.07, 6.45) is 1.15. The van der Waals surface area contributed by atoms with Gasteiger partial charge in [0.25, 0.3) is 10.0 Å². The summed E-state index contributed by atoms with van der Waals surface area (Å²) < 4.78 is 27.4. The number of hydrogen-bond acceptors (Lipinski definition) is 3. The highest BCUT2D eigenvalue weighted by Gasteiger charge is 2.16. The first-order valence-electron chi connectivity index (χ1n) is 4.98. The minimum atomic E-state index is -3.74. The fraction of sp³-hybridized carbons (Fsp3) is 0. The summed E-state index contributed by atoms with van der Waals surface area (Å²) in [5, 5.41) is 0.143. The Labute approximate surface area is 128 Å². The molecule has 0 unspecified atom stereocenters. The molecule has 2 aromatic rings. The molecule has 0 saturated carbocycles. The topological polar surface area (TPSA) is 59.1 Å². The molecule has 0 fully saturated rings. The van der Waals surface area contributed by atoms with Gasteiger partial charge in [0.1, 0.15) is 10.0 Å². The fourth-order valence-corrected chi connectivity index (χ4v) is 2.91. The lowest BCUT2D eigenvalue weighted by Gasteiger charge is -2.08. The molecule has 0 aliphatic carbocycles. The lowest BCUT2D eigenvalue weighted by molar-refractivity contribution is 0.601. The first kappa shape index (κ1) is 14.6. The zero-order valence-corrected chi connectivity index (χ0v) is 13.2. The number of hydrogen-bond donors (Lipinski definition) is 1. The van der Waals surface area contributed by atoms with Crippen LogP contribution in [0.1, 0.15) is 0 Å². The minimum Gasteiger partial charge on any atom is -0.280 e. The van der Waals surface area contributed by atoms with Crippen molar-refractivity contribution in [3.05, 3.63) is 51.2 Å². The van der Waals surface area contributed by atoms with Gasteiger partial charge in [-0.15, -0.1) is 0 Å². The van der Waals surface area contributed by atoms with E-state index in [9.17, 15) is 8.42 Å². The van der Waals surface area contributed by atoms with E-state index >= 15 is 0 Å². The van der Waals surface area contributed by atoms with Gasteiger partial charge in [0.15, 0.2) is 0 Å². The number of aromatic nitrogens is 1. The molecule has 1 heterocycles. The molecule has 0 radical (unpaired) electrons. The van der Waals surface area contributed by atoms with E-state index in [0.29, 0.717) is 5.69 Å². The number of sulfonamides is 1. The van der Waals surface area contributed by atoms with Gasteiger partial charge in [-0.1, -0.05) is 39.1 Å². The Hall–Kier alpha value is -0.820. The summed E-state index contributed by atoms with van der Waals surface area (Å²) in [4.78, 5) is 3.66. The molecule has 4 nitrogen and oxygen atoms in total. The average molecular weight is 382 g/mol. The van der Waals surface area contributed by atoms with Crippen LogP contribution in [0.3, 0.4) is 0 Å². The van der Waals surface area contributed by atoms with Crippen LogP contribution in [0.4, 0.5) is 5.69 Å². The molecule has 1 N–H and O–H groups in total. The normalized spacial score (nSPS) is 11.3. The molecule has 8 heteroatoms. The smallest absolute Gasteiger partial charge is 0.263 e. The van der Waals surface area contributed by atoms with Gasteiger partial charge in [-0.25, -0.2) is 13.4 Å². The van der Waals surface area contributed by atoms with E-state index in [4.69, 9.17) is 23.2 Å². The zero-order valence-electron chi connectivity index (χ0n) is 9.27. The van der Waals surface area contributed by atoms with Crippen molar-refractivity contribution in [2.45, 2.75) is 4.90 Å². The molecule has 100 valence electrons. The lowest BCUT2D eigenvalue weighted by atomic mass is 10.3. The van der Waals surface area contributed by atoms with E-state index in [1.165, 1.54) is 6.07 Å². The van der Waals surface area contributed by atoms with Gasteiger partial charge in [0.2, 0.25) is 0 Å². The van der Waals surface area contributed by atoms with E-state index in [1.807, 2.05) is 0 Å². The predicted octanol–water partition coefficient (Wildman–Crippen LogP) is 3.95. The number of nitrogens with one attached hydrogen (secondary N) is 1. The Bertz CT molecular complexity index is 705. The van der Waals surface area contributed by atoms with Crippen molar-refractivity contribution in [1.29, 1.82) is 0 Å². The molecule has 0 aliphatic heterocycles. The molecule has 0 bridgehead atoms. The van der Waals surface area contributed by atoms with Crippen LogP contribution in [-0.2, 0) is 10.0 Å². The molecule has 0 saturated heterocycles. The van der Waals surface area contributed by atoms with Crippen molar-refractivity contribution in [2.24, 2.45) is 0 Å². The number of benzene rings is 1. The van der Waals surface area contributed by atoms with Gasteiger partial charge in [0, 0.05) is 16.4 Å². The van der Waals surface area contributed by atoms with Crippen molar-refractivity contribution in [3.63, 3.8) is 0 Å². The van der Waals surface area contributed by atoms with Gasteiger partial charge >= 0.3 is 0 Å². The second kappa shape index (κ2) is 5.66. The third kappa shape index (κ3) is 3.60. The summed E-state index contributed by atoms with van der Waals surface area (Å²) in [5.74, 6) is 0. The molecule has 0 atom stereocenters. The molecular weight excluding hydrogens is 375 g/mol. The molecule has 2 rings (SSSR count). The molecule has 19 heavy (non-hydrogen) atoms. The van der Waals surface area contributed by atoms with Gasteiger partial charge in [-0.2, -0.15) is 0 Å². The second-order valence-electron chi connectivity index (χ2n) is 3.56. The minimum absolute atomic E-state index is 0.0511. The molecule has 0 aliphatic rings. The standard InChI is InChI=1S/C11H7BrCl2N2O2S/c12-7-1-3-8(4-2-7)16-19(17,18)9-5-10(13)11(14)15-6-9/h1-6,16H. The number of rotatable bonds is 3. The number of anilines is 1. The SMILES string of the molecule is O=S(=O)(Nc1ccc(Br)cc1)c1cnc(Cl)c(Cl)c1. The summed E-state index contributed by atoms with van der Waals surface area (Å²) >= 11 is 14.7. The van der Waals surface area contributed by atoms with Crippen LogP contribution in [0.15, 0.2) is 45.9 Å². The van der Waals surface area contributed by atoms with E-state index in [-0.39, 0.29) is 15.1 Å². The van der Waals surface area contributed by atoms with Gasteiger partial charge in [-0.3, -0.25) is 4.72 Å². The predicted molar refractivity (Wildman–Crippen MR) is 79.2 cm³/mol. The summed E-state index contributed by atoms with van der Waals surface area (Å²) in [6, 6.07) is 7.97. The maximum absolute atomic E-state index is 12.1. The highest BCUT2D eigenvalue weighted by atomic mass is 79.9. The summed E-state index contributed by atoms with van der Waals surface area (Å²) in [7, 11) is -3.74. The van der Waals surface area contributed by atoms with Crippen molar-refractivity contribution in [3.8, 4) is 0 Å². The van der Waals surface area contributed by atoms with E-state index < -0.39 is 10.0 Å². The number of pyridine rings is 1. The third-order valence-corrected chi connectivity index (χ3v) is 4.74. The van der Waals surface area contributed by atoms with E-state index in [1.54, 1.807) is 24.3 Å². The molecular formula is C11H7BrCl2N2O2S. The van der Waals surface area contributed by atoms with E-state index in [2.05, 4.69) is 25.6 Å². The quantitative estimate of drug-likeness (QED) is 0.818. The molecule has 1 aromatic heterocycles. The Morgan fingerprint density at radius 1 is 1.16 bits per heavy atom. The monoisotopic (exact) mass is 380 g/mol. The lowest BCUT2D eigenvalue weighted by Crippen LogP contribution is -2.13. The molecule has 0 spiro atoms. The third-order valence-electron chi connectivity index (χ3n) is 2.18. The highest BCUT2D eigenvalue weighted by Crippen LogP contribution is 2.24. The maximum atomic E-state index is 12.1. The van der Waals surface area contributed by atoms with Crippen LogP contribution in [0.5, 0.6) is 0 Å². The van der Waals surface area contributed by atoms with Crippen LogP contribution in [0, 0.1) is 0 Å². The van der Waals surface area contributed by atoms with Gasteiger partial charge in [0.05, 0.1) is 5.02 Å². The largest absolute Gasteiger partial charge is 0.280 e. The van der Waals surface area contributed by atoms with Crippen LogP contribution in [0.2, 0.25) is 10.2 Å². The van der Waals surface area contributed by atoms with Gasteiger partial charge in [-0.05, 0) is 30.3 Å². The Morgan fingerprint density at radius 3 is 2.37 bits per heavy atom. The number of halogens is 3. The van der Waals surface area contributed by atoms with Crippen LogP contribution >= 0.6 is 39.1 Å². The fourth-order valence-electron chi connectivity index (χ4n) is 1.28. The second-order valence-corrected chi connectivity index (χ2v) is 6.92. The average Bonchev–Trinajstić information content (AvgIpc) is 2.35. The van der Waals surface area contributed by atoms with Crippen molar-refractivity contribution in [1.82, 2.24) is 4.98 Å². The Morgan fingerprint density at radius 2 is 1.79 bits per heavy atom. The van der Waals surface area contributed by atoms with Crippen molar-refractivity contribution < 1.29 is 8.42 Å². The van der Waals surface area contributed by atoms with Crippen LogP contribution in [0.25, 0.3) is 0 Å². The summed E-state index contributed by atoms with van der Waals surface area (Å²) in [6.45, 7) is 0. The van der Waals surface area contributed by atoms with Gasteiger partial charge < -0.3 is 0 Å². The first-order chi connectivity index (χ1) is 8.88. The Balaban J connectivity index is 2.32. The molecule has 0 amide bonds. The Kier molecular flexibility index (Phi) is 4.35. The molecule has 1 aromatic carbocycles. The van der Waals surface area contributed by atoms with Crippen LogP contribution < -0.4 is 4.72 Å².